The molecule has 40 heavy (non-hydrogen) atoms. The zero-order chi connectivity index (χ0) is 29.6. The van der Waals surface area contributed by atoms with E-state index in [1.807, 2.05) is 5.32 Å². The van der Waals surface area contributed by atoms with Gasteiger partial charge in [-0.25, -0.2) is 13.2 Å². The zero-order valence-corrected chi connectivity index (χ0v) is 22.1. The summed E-state index contributed by atoms with van der Waals surface area (Å²) in [5.41, 5.74) is -4.28. The number of amides is 1. The van der Waals surface area contributed by atoms with E-state index in [4.69, 9.17) is 9.47 Å². The van der Waals surface area contributed by atoms with Gasteiger partial charge in [0.05, 0.1) is 25.7 Å². The third-order valence-electron chi connectivity index (χ3n) is 5.24. The van der Waals surface area contributed by atoms with Crippen LogP contribution in [0.4, 0.5) is 24.7 Å². The minimum absolute atomic E-state index is 0.136. The fourth-order valence-corrected chi connectivity index (χ4v) is 4.23. The highest BCUT2D eigenvalue weighted by molar-refractivity contribution is 7.92. The van der Waals surface area contributed by atoms with Gasteiger partial charge in [0.25, 0.3) is 15.9 Å². The summed E-state index contributed by atoms with van der Waals surface area (Å²) >= 11 is 0. The van der Waals surface area contributed by atoms with Crippen LogP contribution in [0.1, 0.15) is 17.3 Å². The molecule has 12 nitrogen and oxygen atoms in total. The van der Waals surface area contributed by atoms with Crippen LogP contribution in [0.5, 0.6) is 11.6 Å². The van der Waals surface area contributed by atoms with E-state index in [1.165, 1.54) is 57.5 Å². The largest absolute Gasteiger partial charge is 0.497 e. The normalized spacial score (nSPS) is 12.9. The maximum absolute atomic E-state index is 14.5. The van der Waals surface area contributed by atoms with Crippen molar-refractivity contribution < 1.29 is 45.4 Å². The van der Waals surface area contributed by atoms with Gasteiger partial charge in [-0.2, -0.15) is 13.2 Å². The molecule has 1 amide bonds. The summed E-state index contributed by atoms with van der Waals surface area (Å²) in [7, 11) is -1.50. The second kappa shape index (κ2) is 12.1. The lowest BCUT2D eigenvalue weighted by molar-refractivity contribution is -0.204. The molecule has 0 radical (unpaired) electrons. The Morgan fingerprint density at radius 3 is 2.05 bits per heavy atom. The van der Waals surface area contributed by atoms with Crippen molar-refractivity contribution in [1.29, 1.82) is 0 Å². The first kappa shape index (κ1) is 29.9. The Kier molecular flexibility index (Phi) is 9.03. The molecular formula is C24H24F3N5O7S. The summed E-state index contributed by atoms with van der Waals surface area (Å²) in [6.45, 7) is 0.873. The van der Waals surface area contributed by atoms with Gasteiger partial charge < -0.3 is 24.8 Å². The number of nitrogens with one attached hydrogen (secondary N) is 3. The number of carbonyl (C=O) groups is 2. The molecule has 0 bridgehead atoms. The molecule has 2 aromatic carbocycles. The fraction of sp³-hybridized carbons (Fsp3) is 0.250. The zero-order valence-electron chi connectivity index (χ0n) is 21.3. The Hall–Kier alpha value is -4.60. The number of ether oxygens (including phenoxy) is 3. The van der Waals surface area contributed by atoms with Crippen LogP contribution in [0.25, 0.3) is 0 Å². The van der Waals surface area contributed by atoms with Gasteiger partial charge in [-0.05, 0) is 61.5 Å². The van der Waals surface area contributed by atoms with E-state index in [9.17, 15) is 31.2 Å². The van der Waals surface area contributed by atoms with Crippen molar-refractivity contribution >= 4 is 33.4 Å². The van der Waals surface area contributed by atoms with E-state index in [-0.39, 0.29) is 27.8 Å². The van der Waals surface area contributed by atoms with Gasteiger partial charge in [0.2, 0.25) is 5.88 Å². The maximum atomic E-state index is 14.5. The van der Waals surface area contributed by atoms with Crippen molar-refractivity contribution in [2.24, 2.45) is 0 Å². The van der Waals surface area contributed by atoms with Gasteiger partial charge >= 0.3 is 17.8 Å². The standard InChI is InChI=1S/C24H24F3N5O7S/c1-4-39-22(34)23(24(25,26)27,29-21(33)15-5-9-17(37-2)10-6-15)28-16-7-11-18(12-8-16)40(35,36)32-19-13-14-20(38-3)31-30-19/h5-14,28H,4H2,1-3H3,(H,29,33)(H,30,32)/t23-/m0/s1. The SMILES string of the molecule is CCOC(=O)[C@@](NC(=O)c1ccc(OC)cc1)(Nc1ccc(S(=O)(=O)Nc2ccc(OC)nn2)cc1)C(F)(F)F. The van der Waals surface area contributed by atoms with Gasteiger partial charge in [0.15, 0.2) is 5.82 Å². The molecule has 3 aromatic rings. The summed E-state index contributed by atoms with van der Waals surface area (Å²) in [5.74, 6) is -2.72. The number of hydrogen-bond donors (Lipinski definition) is 3. The van der Waals surface area contributed by atoms with Gasteiger partial charge in [-0.15, -0.1) is 10.2 Å². The van der Waals surface area contributed by atoms with Crippen LogP contribution in [0, 0.1) is 0 Å². The monoisotopic (exact) mass is 583 g/mol. The number of nitrogens with zero attached hydrogens (tertiary/aromatic N) is 2. The molecule has 0 saturated carbocycles. The lowest BCUT2D eigenvalue weighted by Crippen LogP contribution is -2.69. The number of esters is 1. The van der Waals surface area contributed by atoms with Crippen LogP contribution in [0.15, 0.2) is 65.6 Å². The molecule has 0 spiro atoms. The Morgan fingerprint density at radius 1 is 0.900 bits per heavy atom. The number of halogens is 3. The molecule has 0 aliphatic heterocycles. The summed E-state index contributed by atoms with van der Waals surface area (Å²) in [6, 6.07) is 11.7. The number of rotatable bonds is 11. The second-order valence-electron chi connectivity index (χ2n) is 7.87. The topological polar surface area (TPSA) is 158 Å². The molecule has 1 aromatic heterocycles. The molecule has 1 atom stereocenters. The molecule has 16 heteroatoms. The highest BCUT2D eigenvalue weighted by Crippen LogP contribution is 2.34. The quantitative estimate of drug-likeness (QED) is 0.226. The molecule has 0 aliphatic carbocycles. The van der Waals surface area contributed by atoms with Gasteiger partial charge in [-0.3, -0.25) is 9.52 Å². The number of carbonyl (C=O) groups excluding carboxylic acids is 2. The Balaban J connectivity index is 1.91. The Labute approximate surface area is 226 Å². The van der Waals surface area contributed by atoms with E-state index in [0.29, 0.717) is 5.75 Å². The van der Waals surface area contributed by atoms with Crippen molar-refractivity contribution in [3.8, 4) is 11.6 Å². The first-order valence-corrected chi connectivity index (χ1v) is 12.8. The number of benzene rings is 2. The van der Waals surface area contributed by atoms with Crippen LogP contribution in [0.2, 0.25) is 0 Å². The van der Waals surface area contributed by atoms with Crippen molar-refractivity contribution in [3.63, 3.8) is 0 Å². The third kappa shape index (κ3) is 6.69. The number of alkyl halides is 3. The van der Waals surface area contributed by atoms with Crippen LogP contribution in [0.3, 0.4) is 0 Å². The molecule has 0 saturated heterocycles. The van der Waals surface area contributed by atoms with E-state index in [0.717, 1.165) is 24.3 Å². The fourth-order valence-electron chi connectivity index (χ4n) is 3.23. The predicted molar refractivity (Wildman–Crippen MR) is 135 cm³/mol. The van der Waals surface area contributed by atoms with Crippen molar-refractivity contribution in [2.75, 3.05) is 30.9 Å². The molecule has 3 rings (SSSR count). The molecule has 214 valence electrons. The number of hydrogen-bond acceptors (Lipinski definition) is 10. The summed E-state index contributed by atoms with van der Waals surface area (Å²) < 4.78 is 85.5. The van der Waals surface area contributed by atoms with Crippen molar-refractivity contribution in [1.82, 2.24) is 15.5 Å². The molecule has 1 heterocycles. The minimum Gasteiger partial charge on any atom is -0.497 e. The number of aromatic nitrogens is 2. The van der Waals surface area contributed by atoms with E-state index in [1.54, 1.807) is 5.32 Å². The Morgan fingerprint density at radius 2 is 1.55 bits per heavy atom. The van der Waals surface area contributed by atoms with Gasteiger partial charge in [0, 0.05) is 17.3 Å². The lowest BCUT2D eigenvalue weighted by atomic mass is 10.1. The molecule has 0 fully saturated rings. The van der Waals surface area contributed by atoms with Crippen LogP contribution in [-0.2, 0) is 19.6 Å². The molecule has 0 unspecified atom stereocenters. The predicted octanol–water partition coefficient (Wildman–Crippen LogP) is 2.96. The Bertz CT molecular complexity index is 1440. The maximum Gasteiger partial charge on any atom is 0.441 e. The number of anilines is 2. The highest BCUT2D eigenvalue weighted by atomic mass is 32.2. The van der Waals surface area contributed by atoms with Crippen LogP contribution in [-0.4, -0.2) is 63.2 Å². The average molecular weight is 584 g/mol. The third-order valence-corrected chi connectivity index (χ3v) is 6.62. The lowest BCUT2D eigenvalue weighted by Gasteiger charge is -2.35. The summed E-state index contributed by atoms with van der Waals surface area (Å²) in [5, 5.41) is 11.0. The van der Waals surface area contributed by atoms with Crippen molar-refractivity contribution in [2.45, 2.75) is 23.7 Å². The average Bonchev–Trinajstić information content (AvgIpc) is 2.92. The number of sulfonamides is 1. The van der Waals surface area contributed by atoms with Gasteiger partial charge in [-0.1, -0.05) is 0 Å². The van der Waals surface area contributed by atoms with E-state index in [2.05, 4.69) is 19.7 Å². The van der Waals surface area contributed by atoms with E-state index >= 15 is 0 Å². The number of methoxy groups -OCH3 is 2. The van der Waals surface area contributed by atoms with Crippen LogP contribution >= 0.6 is 0 Å². The van der Waals surface area contributed by atoms with Gasteiger partial charge in [0.1, 0.15) is 5.75 Å². The first-order chi connectivity index (χ1) is 18.8. The molecule has 3 N–H and O–H groups in total. The van der Waals surface area contributed by atoms with Crippen molar-refractivity contribution in [3.05, 3.63) is 66.2 Å². The summed E-state index contributed by atoms with van der Waals surface area (Å²) in [4.78, 5) is 25.1. The van der Waals surface area contributed by atoms with E-state index < -0.39 is 40.3 Å². The first-order valence-electron chi connectivity index (χ1n) is 11.3. The smallest absolute Gasteiger partial charge is 0.441 e. The van der Waals surface area contributed by atoms with Crippen LogP contribution < -0.4 is 24.8 Å². The highest BCUT2D eigenvalue weighted by Gasteiger charge is 2.63. The minimum atomic E-state index is -5.40. The summed E-state index contributed by atoms with van der Waals surface area (Å²) in [6.07, 6.45) is -5.40. The molecule has 0 aliphatic rings. The second-order valence-corrected chi connectivity index (χ2v) is 9.55. The molecular weight excluding hydrogens is 559 g/mol.